The molecule has 1 aromatic heterocycles. The Labute approximate surface area is 110 Å². The van der Waals surface area contributed by atoms with Crippen LogP contribution in [-0.4, -0.2) is 11.5 Å². The third-order valence-corrected chi connectivity index (χ3v) is 2.84. The van der Waals surface area contributed by atoms with Gasteiger partial charge >= 0.3 is 0 Å². The maximum atomic E-state index is 13.9. The predicted molar refractivity (Wildman–Crippen MR) is 68.0 cm³/mol. The highest BCUT2D eigenvalue weighted by atomic mass is 19.3. The van der Waals surface area contributed by atoms with E-state index in [4.69, 9.17) is 4.42 Å². The van der Waals surface area contributed by atoms with Crippen molar-refractivity contribution >= 4 is 0 Å². The monoisotopic (exact) mass is 266 g/mol. The number of aromatic nitrogens is 1. The first-order valence-corrected chi connectivity index (χ1v) is 6.08. The zero-order chi connectivity index (χ0) is 13.9. The number of hydrogen-bond acceptors (Lipinski definition) is 3. The minimum atomic E-state index is -2.92. The van der Waals surface area contributed by atoms with Gasteiger partial charge in [-0.05, 0) is 13.8 Å². The highest BCUT2D eigenvalue weighted by Crippen LogP contribution is 2.27. The fourth-order valence-corrected chi connectivity index (χ4v) is 1.73. The van der Waals surface area contributed by atoms with E-state index in [0.29, 0.717) is 11.7 Å². The molecule has 1 heterocycles. The summed E-state index contributed by atoms with van der Waals surface area (Å²) in [7, 11) is 0. The number of oxazole rings is 1. The number of nitrogens with one attached hydrogen (secondary N) is 1. The molecule has 0 amide bonds. The van der Waals surface area contributed by atoms with E-state index in [1.54, 1.807) is 38.2 Å². The van der Waals surface area contributed by atoms with Crippen molar-refractivity contribution in [1.29, 1.82) is 0 Å². The van der Waals surface area contributed by atoms with E-state index in [-0.39, 0.29) is 11.6 Å². The first-order chi connectivity index (χ1) is 8.99. The highest BCUT2D eigenvalue weighted by molar-refractivity contribution is 5.20. The Kier molecular flexibility index (Phi) is 3.95. The number of aryl methyl sites for hydroxylation is 1. The number of rotatable bonds is 5. The summed E-state index contributed by atoms with van der Waals surface area (Å²) in [5.41, 5.74) is -0.00159. The van der Waals surface area contributed by atoms with Crippen molar-refractivity contribution in [2.45, 2.75) is 25.8 Å². The summed E-state index contributed by atoms with van der Waals surface area (Å²) in [5.74, 6) is -1.84. The molecule has 0 aliphatic rings. The lowest BCUT2D eigenvalue weighted by atomic mass is 10.1. The van der Waals surface area contributed by atoms with E-state index in [0.717, 1.165) is 0 Å². The molecule has 102 valence electrons. The van der Waals surface area contributed by atoms with Gasteiger partial charge in [0.05, 0.1) is 18.8 Å². The van der Waals surface area contributed by atoms with Crippen LogP contribution in [0.25, 0.3) is 0 Å². The van der Waals surface area contributed by atoms with Crippen LogP contribution in [0.4, 0.5) is 8.78 Å². The highest BCUT2D eigenvalue weighted by Gasteiger charge is 2.31. The molecule has 1 N–H and O–H groups in total. The molecule has 0 fully saturated rings. The molecule has 3 nitrogen and oxygen atoms in total. The normalized spacial score (nSPS) is 13.5. The molecule has 2 aromatic rings. The van der Waals surface area contributed by atoms with Crippen LogP contribution >= 0.6 is 0 Å². The number of benzene rings is 1. The summed E-state index contributed by atoms with van der Waals surface area (Å²) in [6.07, 6.45) is 1.57. The SMILES string of the molecule is Cc1cnc(C(C)NCC(F)(F)c2ccccc2)o1. The second-order valence-electron chi connectivity index (χ2n) is 4.48. The van der Waals surface area contributed by atoms with E-state index >= 15 is 0 Å². The van der Waals surface area contributed by atoms with E-state index in [1.807, 2.05) is 0 Å². The summed E-state index contributed by atoms with van der Waals surface area (Å²) in [4.78, 5) is 4.02. The predicted octanol–water partition coefficient (Wildman–Crippen LogP) is 3.43. The lowest BCUT2D eigenvalue weighted by Crippen LogP contribution is -2.32. The van der Waals surface area contributed by atoms with Crippen LogP contribution in [0, 0.1) is 6.92 Å². The summed E-state index contributed by atoms with van der Waals surface area (Å²) in [6, 6.07) is 7.39. The molecule has 0 saturated carbocycles. The molecule has 0 spiro atoms. The maximum absolute atomic E-state index is 13.9. The fraction of sp³-hybridized carbons (Fsp3) is 0.357. The first kappa shape index (κ1) is 13.7. The zero-order valence-electron chi connectivity index (χ0n) is 10.9. The van der Waals surface area contributed by atoms with Crippen molar-refractivity contribution in [3.05, 3.63) is 53.7 Å². The number of alkyl halides is 2. The van der Waals surface area contributed by atoms with Crippen LogP contribution in [0.5, 0.6) is 0 Å². The molecule has 0 saturated heterocycles. The third-order valence-electron chi connectivity index (χ3n) is 2.84. The quantitative estimate of drug-likeness (QED) is 0.901. The molecule has 2 rings (SSSR count). The molecule has 5 heteroatoms. The number of halogens is 2. The smallest absolute Gasteiger partial charge is 0.285 e. The van der Waals surface area contributed by atoms with Crippen molar-refractivity contribution in [2.24, 2.45) is 0 Å². The lowest BCUT2D eigenvalue weighted by Gasteiger charge is -2.19. The largest absolute Gasteiger partial charge is 0.444 e. The molecule has 1 aromatic carbocycles. The average Bonchev–Trinajstić information content (AvgIpc) is 2.84. The van der Waals surface area contributed by atoms with Crippen LogP contribution in [0.1, 0.15) is 30.2 Å². The van der Waals surface area contributed by atoms with E-state index in [2.05, 4.69) is 10.3 Å². The van der Waals surface area contributed by atoms with Gasteiger partial charge in [0.25, 0.3) is 5.92 Å². The van der Waals surface area contributed by atoms with Crippen molar-refractivity contribution in [2.75, 3.05) is 6.54 Å². The Morgan fingerprint density at radius 1 is 1.32 bits per heavy atom. The summed E-state index contributed by atoms with van der Waals surface area (Å²) in [5, 5.41) is 2.74. The van der Waals surface area contributed by atoms with Crippen molar-refractivity contribution in [3.8, 4) is 0 Å². The molecule has 0 aliphatic heterocycles. The van der Waals surface area contributed by atoms with Crippen LogP contribution < -0.4 is 5.32 Å². The Balaban J connectivity index is 1.98. The van der Waals surface area contributed by atoms with E-state index < -0.39 is 12.5 Å². The van der Waals surface area contributed by atoms with Gasteiger partial charge in [-0.15, -0.1) is 0 Å². The number of nitrogens with zero attached hydrogens (tertiary/aromatic N) is 1. The van der Waals surface area contributed by atoms with Gasteiger partial charge in [-0.2, -0.15) is 8.78 Å². The van der Waals surface area contributed by atoms with Gasteiger partial charge in [0.2, 0.25) is 5.89 Å². The van der Waals surface area contributed by atoms with Gasteiger partial charge in [-0.1, -0.05) is 30.3 Å². The molecule has 19 heavy (non-hydrogen) atoms. The lowest BCUT2D eigenvalue weighted by molar-refractivity contribution is -0.00598. The average molecular weight is 266 g/mol. The van der Waals surface area contributed by atoms with Crippen LogP contribution in [0.15, 0.2) is 40.9 Å². The molecular formula is C14H16F2N2O. The Hall–Kier alpha value is -1.75. The van der Waals surface area contributed by atoms with Crippen LogP contribution in [-0.2, 0) is 5.92 Å². The van der Waals surface area contributed by atoms with Crippen LogP contribution in [0.2, 0.25) is 0 Å². The Morgan fingerprint density at radius 2 is 2.00 bits per heavy atom. The van der Waals surface area contributed by atoms with Gasteiger partial charge in [0, 0.05) is 5.56 Å². The third kappa shape index (κ3) is 3.38. The summed E-state index contributed by atoms with van der Waals surface area (Å²) >= 11 is 0. The van der Waals surface area contributed by atoms with Gasteiger partial charge in [-0.3, -0.25) is 0 Å². The van der Waals surface area contributed by atoms with Gasteiger partial charge in [0.15, 0.2) is 0 Å². The molecule has 0 aliphatic carbocycles. The Bertz CT molecular complexity index is 525. The van der Waals surface area contributed by atoms with Crippen molar-refractivity contribution in [1.82, 2.24) is 10.3 Å². The summed E-state index contributed by atoms with van der Waals surface area (Å²) in [6.45, 7) is 3.05. The zero-order valence-corrected chi connectivity index (χ0v) is 10.9. The molecule has 1 unspecified atom stereocenters. The van der Waals surface area contributed by atoms with E-state index in [1.165, 1.54) is 12.1 Å². The minimum absolute atomic E-state index is 0.00159. The fourth-order valence-electron chi connectivity index (χ4n) is 1.73. The van der Waals surface area contributed by atoms with Gasteiger partial charge in [-0.25, -0.2) is 4.98 Å². The molecule has 0 radical (unpaired) electrons. The summed E-state index contributed by atoms with van der Waals surface area (Å²) < 4.78 is 33.1. The van der Waals surface area contributed by atoms with Crippen molar-refractivity contribution < 1.29 is 13.2 Å². The second-order valence-corrected chi connectivity index (χ2v) is 4.48. The van der Waals surface area contributed by atoms with E-state index in [9.17, 15) is 8.78 Å². The second kappa shape index (κ2) is 5.48. The molecule has 0 bridgehead atoms. The van der Waals surface area contributed by atoms with Gasteiger partial charge < -0.3 is 9.73 Å². The molecule has 1 atom stereocenters. The van der Waals surface area contributed by atoms with Crippen LogP contribution in [0.3, 0.4) is 0 Å². The standard InChI is InChI=1S/C14H16F2N2O/c1-10-8-17-13(19-10)11(2)18-9-14(15,16)12-6-4-3-5-7-12/h3-8,11,18H,9H2,1-2H3. The Morgan fingerprint density at radius 3 is 2.58 bits per heavy atom. The maximum Gasteiger partial charge on any atom is 0.285 e. The van der Waals surface area contributed by atoms with Gasteiger partial charge in [0.1, 0.15) is 5.76 Å². The van der Waals surface area contributed by atoms with Crippen molar-refractivity contribution in [3.63, 3.8) is 0 Å². The number of hydrogen-bond donors (Lipinski definition) is 1. The molecular weight excluding hydrogens is 250 g/mol. The minimum Gasteiger partial charge on any atom is -0.444 e. The first-order valence-electron chi connectivity index (χ1n) is 6.08. The topological polar surface area (TPSA) is 38.1 Å².